The van der Waals surface area contributed by atoms with Crippen molar-refractivity contribution in [3.05, 3.63) is 23.3 Å². The van der Waals surface area contributed by atoms with Gasteiger partial charge in [-0.25, -0.2) is 0 Å². The van der Waals surface area contributed by atoms with Gasteiger partial charge in [-0.3, -0.25) is 0 Å². The molecule has 0 amide bonds. The lowest BCUT2D eigenvalue weighted by Gasteiger charge is -2.14. The van der Waals surface area contributed by atoms with E-state index in [1.54, 1.807) is 21.3 Å². The molecule has 0 bridgehead atoms. The topological polar surface area (TPSA) is 51.5 Å². The van der Waals surface area contributed by atoms with Crippen molar-refractivity contribution in [2.75, 3.05) is 21.3 Å². The van der Waals surface area contributed by atoms with Gasteiger partial charge in [0.1, 0.15) is 11.5 Å². The van der Waals surface area contributed by atoms with Crippen LogP contribution in [-0.2, 0) is 17.8 Å². The summed E-state index contributed by atoms with van der Waals surface area (Å²) in [4.78, 5) is 0. The Morgan fingerprint density at radius 2 is 1.94 bits per heavy atom. The summed E-state index contributed by atoms with van der Waals surface area (Å²) in [6.07, 6.45) is 0.254. The molecule has 0 spiro atoms. The summed E-state index contributed by atoms with van der Waals surface area (Å²) in [6, 6.07) is 5.80. The Balaban J connectivity index is 3.26. The highest BCUT2D eigenvalue weighted by atomic mass is 16.5. The van der Waals surface area contributed by atoms with E-state index in [1.807, 2.05) is 12.1 Å². The van der Waals surface area contributed by atoms with Gasteiger partial charge in [-0.15, -0.1) is 0 Å². The molecule has 0 unspecified atom stereocenters. The molecule has 4 heteroatoms. The molecule has 0 aliphatic rings. The SMILES string of the molecule is COCc1ccc(OC)c(CC#N)c1OC. The van der Waals surface area contributed by atoms with Crippen LogP contribution in [0.3, 0.4) is 0 Å². The lowest BCUT2D eigenvalue weighted by Crippen LogP contribution is -2.01. The minimum absolute atomic E-state index is 0.254. The molecule has 0 aliphatic carbocycles. The third kappa shape index (κ3) is 2.44. The number of hydrogen-bond donors (Lipinski definition) is 0. The summed E-state index contributed by atoms with van der Waals surface area (Å²) in [6.45, 7) is 0.450. The van der Waals surface area contributed by atoms with Crippen LogP contribution in [0.4, 0.5) is 0 Å². The van der Waals surface area contributed by atoms with Crippen molar-refractivity contribution in [2.45, 2.75) is 13.0 Å². The van der Waals surface area contributed by atoms with Crippen LogP contribution in [0.25, 0.3) is 0 Å². The quantitative estimate of drug-likeness (QED) is 0.762. The lowest BCUT2D eigenvalue weighted by molar-refractivity contribution is 0.181. The van der Waals surface area contributed by atoms with Crippen LogP contribution >= 0.6 is 0 Å². The van der Waals surface area contributed by atoms with E-state index in [4.69, 9.17) is 19.5 Å². The van der Waals surface area contributed by atoms with E-state index in [-0.39, 0.29) is 6.42 Å². The van der Waals surface area contributed by atoms with E-state index in [0.29, 0.717) is 18.1 Å². The smallest absolute Gasteiger partial charge is 0.132 e. The van der Waals surface area contributed by atoms with Crippen molar-refractivity contribution >= 4 is 0 Å². The lowest BCUT2D eigenvalue weighted by atomic mass is 10.1. The summed E-state index contributed by atoms with van der Waals surface area (Å²) < 4.78 is 15.6. The minimum Gasteiger partial charge on any atom is -0.496 e. The first-order chi connectivity index (χ1) is 7.78. The van der Waals surface area contributed by atoms with Crippen LogP contribution in [-0.4, -0.2) is 21.3 Å². The predicted octanol–water partition coefficient (Wildman–Crippen LogP) is 1.92. The number of ether oxygens (including phenoxy) is 3. The fraction of sp³-hybridized carbons (Fsp3) is 0.417. The molecule has 16 heavy (non-hydrogen) atoms. The third-order valence-electron chi connectivity index (χ3n) is 2.28. The Morgan fingerprint density at radius 3 is 2.44 bits per heavy atom. The fourth-order valence-electron chi connectivity index (χ4n) is 1.62. The van der Waals surface area contributed by atoms with Gasteiger partial charge in [-0.2, -0.15) is 5.26 Å². The molecule has 0 N–H and O–H groups in total. The largest absolute Gasteiger partial charge is 0.496 e. The molecule has 0 saturated carbocycles. The number of hydrogen-bond acceptors (Lipinski definition) is 4. The van der Waals surface area contributed by atoms with Crippen molar-refractivity contribution in [1.82, 2.24) is 0 Å². The fourth-order valence-corrected chi connectivity index (χ4v) is 1.62. The van der Waals surface area contributed by atoms with Crippen molar-refractivity contribution in [1.29, 1.82) is 5.26 Å². The summed E-state index contributed by atoms with van der Waals surface area (Å²) in [7, 11) is 4.77. The summed E-state index contributed by atoms with van der Waals surface area (Å²) in [5.41, 5.74) is 1.68. The maximum absolute atomic E-state index is 8.79. The zero-order valence-electron chi connectivity index (χ0n) is 9.74. The van der Waals surface area contributed by atoms with E-state index in [1.165, 1.54) is 0 Å². The second-order valence-corrected chi connectivity index (χ2v) is 3.21. The van der Waals surface area contributed by atoms with E-state index in [0.717, 1.165) is 11.1 Å². The van der Waals surface area contributed by atoms with Gasteiger partial charge in [0.2, 0.25) is 0 Å². The minimum atomic E-state index is 0.254. The molecule has 0 aromatic heterocycles. The second kappa shape index (κ2) is 5.99. The van der Waals surface area contributed by atoms with Crippen LogP contribution < -0.4 is 9.47 Å². The van der Waals surface area contributed by atoms with Crippen molar-refractivity contribution in [3.8, 4) is 17.6 Å². The van der Waals surface area contributed by atoms with E-state index >= 15 is 0 Å². The Morgan fingerprint density at radius 1 is 1.19 bits per heavy atom. The van der Waals surface area contributed by atoms with Gasteiger partial charge in [-0.1, -0.05) is 0 Å². The molecule has 4 nitrogen and oxygen atoms in total. The first-order valence-corrected chi connectivity index (χ1v) is 4.87. The van der Waals surface area contributed by atoms with Crippen LogP contribution in [0.2, 0.25) is 0 Å². The number of benzene rings is 1. The number of methoxy groups -OCH3 is 3. The number of nitriles is 1. The first-order valence-electron chi connectivity index (χ1n) is 4.87. The van der Waals surface area contributed by atoms with Gasteiger partial charge < -0.3 is 14.2 Å². The van der Waals surface area contributed by atoms with E-state index in [2.05, 4.69) is 6.07 Å². The van der Waals surface area contributed by atoms with Crippen LogP contribution in [0.5, 0.6) is 11.5 Å². The molecule has 0 saturated heterocycles. The van der Waals surface area contributed by atoms with Gasteiger partial charge in [-0.05, 0) is 12.1 Å². The van der Waals surface area contributed by atoms with Gasteiger partial charge in [0.15, 0.2) is 0 Å². The number of rotatable bonds is 5. The van der Waals surface area contributed by atoms with Gasteiger partial charge in [0.25, 0.3) is 0 Å². The van der Waals surface area contributed by atoms with Gasteiger partial charge in [0.05, 0.1) is 38.9 Å². The molecule has 1 aromatic carbocycles. The van der Waals surface area contributed by atoms with E-state index in [9.17, 15) is 0 Å². The molecule has 0 atom stereocenters. The Kier molecular flexibility index (Phi) is 4.62. The standard InChI is InChI=1S/C12H15NO3/c1-14-8-9-4-5-11(15-2)10(6-7-13)12(9)16-3/h4-5H,6,8H2,1-3H3. The zero-order chi connectivity index (χ0) is 12.0. The van der Waals surface area contributed by atoms with Crippen LogP contribution in [0.1, 0.15) is 11.1 Å². The molecular weight excluding hydrogens is 206 g/mol. The Labute approximate surface area is 95.4 Å². The molecule has 0 radical (unpaired) electrons. The molecule has 1 aromatic rings. The highest BCUT2D eigenvalue weighted by Gasteiger charge is 2.14. The molecule has 0 heterocycles. The second-order valence-electron chi connectivity index (χ2n) is 3.21. The summed E-state index contributed by atoms with van der Waals surface area (Å²) in [5, 5.41) is 8.79. The average Bonchev–Trinajstić information content (AvgIpc) is 2.30. The monoisotopic (exact) mass is 221 g/mol. The molecule has 0 aliphatic heterocycles. The van der Waals surface area contributed by atoms with Gasteiger partial charge >= 0.3 is 0 Å². The first kappa shape index (κ1) is 12.3. The van der Waals surface area contributed by atoms with Crippen molar-refractivity contribution < 1.29 is 14.2 Å². The van der Waals surface area contributed by atoms with Crippen LogP contribution in [0, 0.1) is 11.3 Å². The predicted molar refractivity (Wildman–Crippen MR) is 59.6 cm³/mol. The molecular formula is C12H15NO3. The average molecular weight is 221 g/mol. The summed E-state index contributed by atoms with van der Waals surface area (Å²) >= 11 is 0. The van der Waals surface area contributed by atoms with Gasteiger partial charge in [0, 0.05) is 12.7 Å². The molecule has 86 valence electrons. The highest BCUT2D eigenvalue weighted by molar-refractivity contribution is 5.51. The van der Waals surface area contributed by atoms with Crippen molar-refractivity contribution in [3.63, 3.8) is 0 Å². The third-order valence-corrected chi connectivity index (χ3v) is 2.28. The normalized spacial score (nSPS) is 9.62. The highest BCUT2D eigenvalue weighted by Crippen LogP contribution is 2.32. The van der Waals surface area contributed by atoms with Crippen molar-refractivity contribution in [2.24, 2.45) is 0 Å². The molecule has 1 rings (SSSR count). The zero-order valence-corrected chi connectivity index (χ0v) is 9.74. The Bertz CT molecular complexity index is 396. The van der Waals surface area contributed by atoms with Crippen LogP contribution in [0.15, 0.2) is 12.1 Å². The Hall–Kier alpha value is -1.73. The van der Waals surface area contributed by atoms with E-state index < -0.39 is 0 Å². The maximum atomic E-state index is 8.79. The maximum Gasteiger partial charge on any atom is 0.132 e. The molecule has 0 fully saturated rings. The summed E-state index contributed by atoms with van der Waals surface area (Å²) in [5.74, 6) is 1.33. The number of nitrogens with zero attached hydrogens (tertiary/aromatic N) is 1.